The van der Waals surface area contributed by atoms with Crippen molar-refractivity contribution in [3.63, 3.8) is 0 Å². The Balaban J connectivity index is 2.04. The van der Waals surface area contributed by atoms with Gasteiger partial charge in [0, 0.05) is 12.1 Å². The molecule has 2 aromatic rings. The molecule has 1 heterocycles. The zero-order chi connectivity index (χ0) is 12.9. The number of para-hydroxylation sites is 2. The van der Waals surface area contributed by atoms with E-state index < -0.39 is 5.97 Å². The average molecular weight is 242 g/mol. The van der Waals surface area contributed by atoms with Crippen LogP contribution in [0.4, 0.5) is 0 Å². The fraction of sp³-hybridized carbons (Fsp3) is 0.357. The Kier molecular flexibility index (Phi) is 2.17. The lowest BCUT2D eigenvalue weighted by Gasteiger charge is -2.03. The monoisotopic (exact) mass is 242 g/mol. The zero-order valence-corrected chi connectivity index (χ0v) is 10.3. The first kappa shape index (κ1) is 11.1. The number of aliphatic carboxylic acids is 1. The highest BCUT2D eigenvalue weighted by atomic mass is 16.4. The maximum Gasteiger partial charge on any atom is 0.307 e. The maximum atomic E-state index is 11.2. The van der Waals surface area contributed by atoms with Crippen molar-refractivity contribution >= 4 is 17.0 Å². The van der Waals surface area contributed by atoms with E-state index in [9.17, 15) is 9.90 Å². The van der Waals surface area contributed by atoms with Crippen molar-refractivity contribution in [2.75, 3.05) is 0 Å². The van der Waals surface area contributed by atoms with Crippen LogP contribution in [0.5, 0.6) is 0 Å². The van der Waals surface area contributed by atoms with Gasteiger partial charge in [-0.3, -0.25) is 9.78 Å². The van der Waals surface area contributed by atoms with E-state index in [-0.39, 0.29) is 17.3 Å². The van der Waals surface area contributed by atoms with Gasteiger partial charge in [0.15, 0.2) is 0 Å². The van der Waals surface area contributed by atoms with Crippen LogP contribution in [-0.4, -0.2) is 21.0 Å². The fourth-order valence-electron chi connectivity index (χ4n) is 2.77. The Morgan fingerprint density at radius 2 is 1.94 bits per heavy atom. The molecule has 1 saturated carbocycles. The SMILES string of the molecule is CC1(C)C(C(=O)O)C1c1cnc2ccccc2n1. The molecule has 2 unspecified atom stereocenters. The highest BCUT2D eigenvalue weighted by Crippen LogP contribution is 2.63. The number of carboxylic acid groups (broad SMARTS) is 1. The second-order valence-corrected chi connectivity index (χ2v) is 5.40. The average Bonchev–Trinajstić information content (AvgIpc) is 2.92. The second kappa shape index (κ2) is 3.51. The summed E-state index contributed by atoms with van der Waals surface area (Å²) in [4.78, 5) is 20.1. The number of benzene rings is 1. The smallest absolute Gasteiger partial charge is 0.307 e. The molecule has 2 atom stereocenters. The molecule has 92 valence electrons. The first-order valence-electron chi connectivity index (χ1n) is 5.96. The summed E-state index contributed by atoms with van der Waals surface area (Å²) in [6, 6.07) is 7.63. The third-order valence-electron chi connectivity index (χ3n) is 3.88. The van der Waals surface area contributed by atoms with Crippen molar-refractivity contribution in [2.24, 2.45) is 11.3 Å². The zero-order valence-electron chi connectivity index (χ0n) is 10.3. The van der Waals surface area contributed by atoms with Crippen LogP contribution >= 0.6 is 0 Å². The molecular weight excluding hydrogens is 228 g/mol. The molecule has 1 aromatic heterocycles. The van der Waals surface area contributed by atoms with Crippen LogP contribution in [0, 0.1) is 11.3 Å². The Labute approximate surface area is 105 Å². The number of carboxylic acids is 1. The van der Waals surface area contributed by atoms with E-state index in [1.807, 2.05) is 38.1 Å². The van der Waals surface area contributed by atoms with Gasteiger partial charge in [0.05, 0.1) is 22.6 Å². The van der Waals surface area contributed by atoms with E-state index in [0.29, 0.717) is 0 Å². The minimum absolute atomic E-state index is 0.0351. The van der Waals surface area contributed by atoms with Gasteiger partial charge in [-0.2, -0.15) is 0 Å². The molecule has 1 N–H and O–H groups in total. The Bertz CT molecular complexity index is 636. The summed E-state index contributed by atoms with van der Waals surface area (Å²) < 4.78 is 0. The second-order valence-electron chi connectivity index (χ2n) is 5.40. The molecule has 0 spiro atoms. The predicted octanol–water partition coefficient (Wildman–Crippen LogP) is 2.45. The summed E-state index contributed by atoms with van der Waals surface area (Å²) in [5, 5.41) is 9.19. The maximum absolute atomic E-state index is 11.2. The van der Waals surface area contributed by atoms with Crippen LogP contribution in [0.1, 0.15) is 25.5 Å². The number of carbonyl (C=O) groups is 1. The number of nitrogens with zero attached hydrogens (tertiary/aromatic N) is 2. The molecule has 0 saturated heterocycles. The summed E-state index contributed by atoms with van der Waals surface area (Å²) in [5.74, 6) is -1.14. The van der Waals surface area contributed by atoms with Crippen LogP contribution in [0.25, 0.3) is 11.0 Å². The van der Waals surface area contributed by atoms with Crippen LogP contribution in [-0.2, 0) is 4.79 Å². The molecular formula is C14H14N2O2. The van der Waals surface area contributed by atoms with Crippen molar-refractivity contribution in [2.45, 2.75) is 19.8 Å². The molecule has 4 heteroatoms. The normalized spacial score (nSPS) is 25.0. The van der Waals surface area contributed by atoms with E-state index in [2.05, 4.69) is 9.97 Å². The van der Waals surface area contributed by atoms with Crippen LogP contribution in [0.2, 0.25) is 0 Å². The Hall–Kier alpha value is -1.97. The highest BCUT2D eigenvalue weighted by Gasteiger charge is 2.63. The molecule has 18 heavy (non-hydrogen) atoms. The van der Waals surface area contributed by atoms with Gasteiger partial charge < -0.3 is 5.11 Å². The van der Waals surface area contributed by atoms with Gasteiger partial charge in [0.1, 0.15) is 0 Å². The van der Waals surface area contributed by atoms with Gasteiger partial charge in [-0.05, 0) is 17.5 Å². The minimum Gasteiger partial charge on any atom is -0.481 e. The molecule has 0 radical (unpaired) electrons. The number of fused-ring (bicyclic) bond motifs is 1. The van der Waals surface area contributed by atoms with Crippen molar-refractivity contribution in [1.29, 1.82) is 0 Å². The van der Waals surface area contributed by atoms with Crippen molar-refractivity contribution < 1.29 is 9.90 Å². The quantitative estimate of drug-likeness (QED) is 0.878. The molecule has 3 rings (SSSR count). The topological polar surface area (TPSA) is 63.1 Å². The van der Waals surface area contributed by atoms with E-state index in [0.717, 1.165) is 16.7 Å². The van der Waals surface area contributed by atoms with Crippen molar-refractivity contribution in [3.8, 4) is 0 Å². The molecule has 1 aliphatic carbocycles. The molecule has 0 bridgehead atoms. The minimum atomic E-state index is -0.750. The summed E-state index contributed by atoms with van der Waals surface area (Å²) >= 11 is 0. The van der Waals surface area contributed by atoms with Crippen LogP contribution in [0.15, 0.2) is 30.5 Å². The molecule has 0 amide bonds. The standard InChI is InChI=1S/C14H14N2O2/c1-14(2)11(12(14)13(17)18)10-7-15-8-5-3-4-6-9(8)16-10/h3-7,11-12H,1-2H3,(H,17,18). The molecule has 1 aliphatic rings. The van der Waals surface area contributed by atoms with Gasteiger partial charge in [-0.1, -0.05) is 26.0 Å². The summed E-state index contributed by atoms with van der Waals surface area (Å²) in [5.41, 5.74) is 2.21. The number of hydrogen-bond acceptors (Lipinski definition) is 3. The van der Waals surface area contributed by atoms with Gasteiger partial charge in [0.25, 0.3) is 0 Å². The van der Waals surface area contributed by atoms with E-state index in [1.54, 1.807) is 6.20 Å². The molecule has 1 fully saturated rings. The van der Waals surface area contributed by atoms with Crippen molar-refractivity contribution in [1.82, 2.24) is 9.97 Å². The Morgan fingerprint density at radius 3 is 2.56 bits per heavy atom. The summed E-state index contributed by atoms with van der Waals surface area (Å²) in [6.45, 7) is 3.93. The van der Waals surface area contributed by atoms with E-state index in [1.165, 1.54) is 0 Å². The van der Waals surface area contributed by atoms with Gasteiger partial charge in [0.2, 0.25) is 0 Å². The fourth-order valence-corrected chi connectivity index (χ4v) is 2.77. The van der Waals surface area contributed by atoms with Gasteiger partial charge in [-0.25, -0.2) is 4.98 Å². The highest BCUT2D eigenvalue weighted by molar-refractivity contribution is 5.78. The third-order valence-corrected chi connectivity index (χ3v) is 3.88. The number of hydrogen-bond donors (Lipinski definition) is 1. The van der Waals surface area contributed by atoms with E-state index >= 15 is 0 Å². The van der Waals surface area contributed by atoms with Crippen LogP contribution < -0.4 is 0 Å². The van der Waals surface area contributed by atoms with E-state index in [4.69, 9.17) is 0 Å². The first-order valence-corrected chi connectivity index (χ1v) is 5.96. The third kappa shape index (κ3) is 1.49. The van der Waals surface area contributed by atoms with Crippen molar-refractivity contribution in [3.05, 3.63) is 36.2 Å². The summed E-state index contributed by atoms with van der Waals surface area (Å²) in [6.07, 6.45) is 1.71. The molecule has 4 nitrogen and oxygen atoms in total. The van der Waals surface area contributed by atoms with Crippen LogP contribution in [0.3, 0.4) is 0 Å². The lowest BCUT2D eigenvalue weighted by atomic mass is 10.1. The Morgan fingerprint density at radius 1 is 1.28 bits per heavy atom. The van der Waals surface area contributed by atoms with Gasteiger partial charge in [-0.15, -0.1) is 0 Å². The number of aromatic nitrogens is 2. The summed E-state index contributed by atoms with van der Waals surface area (Å²) in [7, 11) is 0. The lowest BCUT2D eigenvalue weighted by Crippen LogP contribution is -2.03. The predicted molar refractivity (Wildman–Crippen MR) is 67.2 cm³/mol. The molecule has 1 aromatic carbocycles. The molecule has 0 aliphatic heterocycles. The number of rotatable bonds is 2. The first-order chi connectivity index (χ1) is 8.51. The van der Waals surface area contributed by atoms with Gasteiger partial charge >= 0.3 is 5.97 Å². The largest absolute Gasteiger partial charge is 0.481 e. The lowest BCUT2D eigenvalue weighted by molar-refractivity contribution is -0.139.